The maximum Gasteiger partial charge on any atom is 0.427 e. The van der Waals surface area contributed by atoms with Crippen LogP contribution in [0.1, 0.15) is 6.92 Å². The largest absolute Gasteiger partial charge is 0.461 e. The number of alkyl halides is 13. The molecule has 0 heterocycles. The van der Waals surface area contributed by atoms with Crippen LogP contribution in [-0.4, -0.2) is 79.9 Å². The summed E-state index contributed by atoms with van der Waals surface area (Å²) in [5.41, 5.74) is 0. The second-order valence-corrected chi connectivity index (χ2v) is 8.34. The number of rotatable bonds is 12. The van der Waals surface area contributed by atoms with E-state index in [2.05, 4.69) is 11.3 Å². The van der Waals surface area contributed by atoms with Gasteiger partial charge in [-0.1, -0.05) is 6.58 Å². The number of nitrogens with zero attached hydrogens (tertiary/aromatic N) is 1. The number of carbonyl (C=O) groups excluding carboxylic acids is 1. The summed E-state index contributed by atoms with van der Waals surface area (Å²) in [6.07, 6.45) is -3.90. The summed E-state index contributed by atoms with van der Waals surface area (Å²) in [5, 5.41) is -7.32. The van der Waals surface area contributed by atoms with Gasteiger partial charge in [0.05, 0.1) is 0 Å². The molecule has 33 heavy (non-hydrogen) atoms. The molecule has 0 amide bonds. The van der Waals surface area contributed by atoms with Gasteiger partial charge in [0.15, 0.2) is 6.17 Å². The van der Waals surface area contributed by atoms with Crippen LogP contribution in [0, 0.1) is 0 Å². The topological polar surface area (TPSA) is 63.7 Å². The fraction of sp³-hybridized carbons (Fsp3) is 0.786. The van der Waals surface area contributed by atoms with Crippen molar-refractivity contribution in [1.82, 2.24) is 4.31 Å². The summed E-state index contributed by atoms with van der Waals surface area (Å²) in [6.45, 7) is -0.346. The molecule has 0 rings (SSSR count). The summed E-state index contributed by atoms with van der Waals surface area (Å²) in [7, 11) is -7.14. The van der Waals surface area contributed by atoms with Crippen LogP contribution in [0.3, 0.4) is 0 Å². The summed E-state index contributed by atoms with van der Waals surface area (Å²) in [5.74, 6) is -40.0. The molecule has 0 bridgehead atoms. The minimum atomic E-state index is -8.19. The van der Waals surface area contributed by atoms with Crippen molar-refractivity contribution in [3.8, 4) is 0 Å². The van der Waals surface area contributed by atoms with Crippen molar-refractivity contribution in [1.29, 1.82) is 0 Å². The van der Waals surface area contributed by atoms with Crippen molar-refractivity contribution >= 4 is 16.0 Å². The molecule has 0 saturated carbocycles. The van der Waals surface area contributed by atoms with E-state index >= 15 is 0 Å². The number of carbonyl (C=O) groups is 1. The Balaban J connectivity index is 6.40. The second-order valence-electron chi connectivity index (χ2n) is 6.25. The normalized spacial score (nSPS) is 16.0. The SMILES string of the molecule is C=CC(=O)OCCN(C)S(=O)(=O)C(F)(F)C(F)(F)C(F)(F)C(F)(F)C(F)(F)C(F)(F)C(C)F. The van der Waals surface area contributed by atoms with E-state index in [0.717, 1.165) is 0 Å². The lowest BCUT2D eigenvalue weighted by Gasteiger charge is -2.41. The fourth-order valence-corrected chi connectivity index (χ4v) is 3.01. The number of ether oxygens (including phenoxy) is 1. The van der Waals surface area contributed by atoms with E-state index in [9.17, 15) is 70.3 Å². The van der Waals surface area contributed by atoms with Gasteiger partial charge >= 0.3 is 40.8 Å². The first kappa shape index (κ1) is 31.2. The first-order chi connectivity index (χ1) is 14.3. The van der Waals surface area contributed by atoms with E-state index in [1.807, 2.05) is 0 Å². The molecule has 0 aliphatic rings. The Kier molecular flexibility index (Phi) is 8.61. The minimum Gasteiger partial charge on any atom is -0.461 e. The molecule has 0 aliphatic heterocycles. The molecule has 196 valence electrons. The highest BCUT2D eigenvalue weighted by Gasteiger charge is 2.92. The second kappa shape index (κ2) is 9.10. The highest BCUT2D eigenvalue weighted by Crippen LogP contribution is 2.61. The third-order valence-corrected chi connectivity index (χ3v) is 5.93. The molecule has 0 aliphatic carbocycles. The average Bonchev–Trinajstić information content (AvgIpc) is 2.66. The average molecular weight is 539 g/mol. The fourth-order valence-electron chi connectivity index (χ4n) is 1.85. The molecule has 0 aromatic carbocycles. The lowest BCUT2D eigenvalue weighted by Crippen LogP contribution is -2.73. The van der Waals surface area contributed by atoms with Crippen molar-refractivity contribution in [2.45, 2.75) is 48.0 Å². The smallest absolute Gasteiger partial charge is 0.427 e. The van der Waals surface area contributed by atoms with Gasteiger partial charge in [0.25, 0.3) is 10.0 Å². The van der Waals surface area contributed by atoms with Gasteiger partial charge in [-0.05, 0) is 6.92 Å². The first-order valence-electron chi connectivity index (χ1n) is 7.98. The van der Waals surface area contributed by atoms with Crippen molar-refractivity contribution in [3.05, 3.63) is 12.7 Å². The van der Waals surface area contributed by atoms with E-state index in [1.165, 1.54) is 0 Å². The molecular weight excluding hydrogens is 525 g/mol. The summed E-state index contributed by atoms with van der Waals surface area (Å²) in [6, 6.07) is 0. The van der Waals surface area contributed by atoms with Crippen LogP contribution in [0.4, 0.5) is 57.1 Å². The predicted octanol–water partition coefficient (Wildman–Crippen LogP) is 4.10. The molecular formula is C14H14F13NO4S. The van der Waals surface area contributed by atoms with Gasteiger partial charge < -0.3 is 4.74 Å². The quantitative estimate of drug-likeness (QED) is 0.213. The van der Waals surface area contributed by atoms with Gasteiger partial charge in [-0.2, -0.15) is 57.0 Å². The zero-order chi connectivity index (χ0) is 27.1. The Bertz CT molecular complexity index is 842. The van der Waals surface area contributed by atoms with Gasteiger partial charge in [0.2, 0.25) is 0 Å². The van der Waals surface area contributed by atoms with E-state index in [0.29, 0.717) is 6.08 Å². The molecule has 1 atom stereocenters. The van der Waals surface area contributed by atoms with Gasteiger partial charge in [0.1, 0.15) is 6.61 Å². The third kappa shape index (κ3) is 4.61. The van der Waals surface area contributed by atoms with Crippen LogP contribution in [0.2, 0.25) is 0 Å². The third-order valence-electron chi connectivity index (χ3n) is 4.02. The van der Waals surface area contributed by atoms with Crippen molar-refractivity contribution in [3.63, 3.8) is 0 Å². The molecule has 0 N–H and O–H groups in total. The molecule has 19 heteroatoms. The summed E-state index contributed by atoms with van der Waals surface area (Å²) in [4.78, 5) is 10.7. The van der Waals surface area contributed by atoms with Crippen molar-refractivity contribution < 1.29 is 75.0 Å². The van der Waals surface area contributed by atoms with Crippen LogP contribution >= 0.6 is 0 Å². The molecule has 0 radical (unpaired) electrons. The van der Waals surface area contributed by atoms with Crippen LogP contribution in [0.5, 0.6) is 0 Å². The number of esters is 1. The maximum absolute atomic E-state index is 13.9. The molecule has 0 spiro atoms. The zero-order valence-electron chi connectivity index (χ0n) is 16.2. The van der Waals surface area contributed by atoms with Crippen LogP contribution in [0.25, 0.3) is 0 Å². The Labute approximate surface area is 177 Å². The molecule has 0 aromatic heterocycles. The van der Waals surface area contributed by atoms with E-state index in [1.54, 1.807) is 0 Å². The number of sulfonamides is 1. The minimum absolute atomic E-state index is 0.00904. The Morgan fingerprint density at radius 1 is 0.909 bits per heavy atom. The standard InChI is InChI=1S/C14H14F13NO4S/c1-4-8(29)32-6-5-28(3)33(30,31)14(26,27)13(24,25)12(22,23)11(20,21)10(18,19)9(16,17)7(2)15/h4,7H,1,5-6H2,2-3H3. The number of halogens is 13. The zero-order valence-corrected chi connectivity index (χ0v) is 17.0. The summed E-state index contributed by atoms with van der Waals surface area (Å²) < 4.78 is 202. The predicted molar refractivity (Wildman–Crippen MR) is 83.0 cm³/mol. The highest BCUT2D eigenvalue weighted by molar-refractivity contribution is 7.90. The van der Waals surface area contributed by atoms with E-state index in [-0.39, 0.29) is 7.05 Å². The first-order valence-corrected chi connectivity index (χ1v) is 9.42. The molecule has 0 saturated heterocycles. The van der Waals surface area contributed by atoms with Gasteiger partial charge in [-0.25, -0.2) is 17.6 Å². The van der Waals surface area contributed by atoms with Crippen molar-refractivity contribution in [2.75, 3.05) is 20.2 Å². The number of likely N-dealkylation sites (N-methyl/N-ethyl adjacent to an activating group) is 1. The van der Waals surface area contributed by atoms with Crippen LogP contribution < -0.4 is 0 Å². The monoisotopic (exact) mass is 539 g/mol. The van der Waals surface area contributed by atoms with E-state index in [4.69, 9.17) is 0 Å². The number of hydrogen-bond acceptors (Lipinski definition) is 4. The lowest BCUT2D eigenvalue weighted by atomic mass is 9.92. The lowest BCUT2D eigenvalue weighted by molar-refractivity contribution is -0.421. The Morgan fingerprint density at radius 2 is 1.30 bits per heavy atom. The van der Waals surface area contributed by atoms with Gasteiger partial charge in [0, 0.05) is 19.7 Å². The highest BCUT2D eigenvalue weighted by atomic mass is 32.2. The Morgan fingerprint density at radius 3 is 1.67 bits per heavy atom. The molecule has 5 nitrogen and oxygen atoms in total. The Hall–Kier alpha value is -1.79. The van der Waals surface area contributed by atoms with Gasteiger partial charge in [-0.3, -0.25) is 0 Å². The van der Waals surface area contributed by atoms with E-state index < -0.39 is 81.4 Å². The maximum atomic E-state index is 13.9. The molecule has 1 unspecified atom stereocenters. The van der Waals surface area contributed by atoms with Crippen LogP contribution in [0.15, 0.2) is 12.7 Å². The summed E-state index contributed by atoms with van der Waals surface area (Å²) >= 11 is 0. The molecule has 0 fully saturated rings. The van der Waals surface area contributed by atoms with Gasteiger partial charge in [-0.15, -0.1) is 0 Å². The number of hydrogen-bond donors (Lipinski definition) is 0. The van der Waals surface area contributed by atoms with Crippen LogP contribution in [-0.2, 0) is 19.6 Å². The molecule has 0 aromatic rings. The van der Waals surface area contributed by atoms with Crippen molar-refractivity contribution in [2.24, 2.45) is 0 Å².